The number of carbonyl (C=O) groups is 2. The van der Waals surface area contributed by atoms with Crippen LogP contribution in [-0.2, 0) is 19.1 Å². The highest BCUT2D eigenvalue weighted by atomic mass is 16.6. The molecule has 0 saturated heterocycles. The molecule has 0 aliphatic heterocycles. The Balaban J connectivity index is 4.71. The molecule has 0 amide bonds. The number of esters is 1. The molecule has 104 valence electrons. The topological polar surface area (TPSA) is 52.6 Å². The summed E-state index contributed by atoms with van der Waals surface area (Å²) in [5.74, 6) is -0.391. The molecule has 0 N–H and O–H groups in total. The molecular formula is C14H25O4+. The lowest BCUT2D eigenvalue weighted by Gasteiger charge is -2.31. The summed E-state index contributed by atoms with van der Waals surface area (Å²) >= 11 is 0. The van der Waals surface area contributed by atoms with E-state index in [1.165, 1.54) is 7.11 Å². The van der Waals surface area contributed by atoms with E-state index >= 15 is 0 Å². The summed E-state index contributed by atoms with van der Waals surface area (Å²) in [5, 5.41) is 0. The molecule has 0 fully saturated rings. The number of hydrogen-bond acceptors (Lipinski definition) is 4. The van der Waals surface area contributed by atoms with E-state index in [9.17, 15) is 9.59 Å². The Bertz CT molecular complexity index is 299. The van der Waals surface area contributed by atoms with Gasteiger partial charge in [-0.25, -0.2) is 0 Å². The van der Waals surface area contributed by atoms with Crippen molar-refractivity contribution in [2.45, 2.75) is 59.2 Å². The number of ether oxygens (including phenoxy) is 2. The van der Waals surface area contributed by atoms with Crippen molar-refractivity contribution in [3.63, 3.8) is 0 Å². The predicted octanol–water partition coefficient (Wildman–Crippen LogP) is 2.55. The first-order valence-electron chi connectivity index (χ1n) is 6.11. The Morgan fingerprint density at radius 1 is 1.17 bits per heavy atom. The molecule has 0 aliphatic rings. The van der Waals surface area contributed by atoms with Gasteiger partial charge in [-0.15, -0.1) is 0 Å². The minimum Gasteiger partial charge on any atom is -0.460 e. The van der Waals surface area contributed by atoms with Crippen LogP contribution in [0.4, 0.5) is 0 Å². The number of Topliss-reactive ketones (excluding diaryl/α,β-unsaturated/α-hetero) is 1. The largest absolute Gasteiger partial charge is 0.460 e. The molecule has 0 aliphatic carbocycles. The zero-order valence-electron chi connectivity index (χ0n) is 12.3. The molecule has 0 unspecified atom stereocenters. The summed E-state index contributed by atoms with van der Waals surface area (Å²) < 4.78 is 10.5. The Morgan fingerprint density at radius 2 is 1.67 bits per heavy atom. The molecule has 0 bridgehead atoms. The van der Waals surface area contributed by atoms with Crippen molar-refractivity contribution in [2.24, 2.45) is 5.41 Å². The van der Waals surface area contributed by atoms with Crippen molar-refractivity contribution in [1.82, 2.24) is 0 Å². The van der Waals surface area contributed by atoms with Gasteiger partial charge in [0.25, 0.3) is 0 Å². The van der Waals surface area contributed by atoms with Crippen LogP contribution in [0.25, 0.3) is 0 Å². The van der Waals surface area contributed by atoms with Crippen molar-refractivity contribution >= 4 is 11.8 Å². The highest BCUT2D eigenvalue weighted by molar-refractivity contribution is 5.86. The van der Waals surface area contributed by atoms with E-state index in [1.54, 1.807) is 34.6 Å². The summed E-state index contributed by atoms with van der Waals surface area (Å²) in [6, 6.07) is 0. The molecular weight excluding hydrogens is 232 g/mol. The van der Waals surface area contributed by atoms with E-state index < -0.39 is 17.1 Å². The lowest BCUT2D eigenvalue weighted by Crippen LogP contribution is -2.40. The van der Waals surface area contributed by atoms with Gasteiger partial charge in [0.1, 0.15) is 12.0 Å². The standard InChI is InChI=1S/C14H25O4/c1-8-10(15)14(5,6)11(17-7)9-12(16)18-13(2,3)4/h11H,1,8-9H2,2-7H3/q+1/t11-/m0/s1. The molecule has 0 aromatic carbocycles. The van der Waals surface area contributed by atoms with Gasteiger partial charge in [-0.2, -0.15) is 0 Å². The number of ketones is 1. The van der Waals surface area contributed by atoms with Crippen LogP contribution in [-0.4, -0.2) is 30.6 Å². The van der Waals surface area contributed by atoms with Crippen molar-refractivity contribution in [1.29, 1.82) is 0 Å². The molecule has 1 atom stereocenters. The van der Waals surface area contributed by atoms with E-state index in [2.05, 4.69) is 6.92 Å². The van der Waals surface area contributed by atoms with Gasteiger partial charge in [-0.1, -0.05) is 13.8 Å². The average molecular weight is 257 g/mol. The predicted molar refractivity (Wildman–Crippen MR) is 70.0 cm³/mol. The smallest absolute Gasteiger partial charge is 0.308 e. The zero-order valence-corrected chi connectivity index (χ0v) is 12.3. The Hall–Kier alpha value is -1.03. The number of carbonyl (C=O) groups excluding carboxylic acids is 2. The van der Waals surface area contributed by atoms with Crippen LogP contribution in [0, 0.1) is 12.3 Å². The molecule has 4 nitrogen and oxygen atoms in total. The van der Waals surface area contributed by atoms with Crippen LogP contribution >= 0.6 is 0 Å². The summed E-state index contributed by atoms with van der Waals surface area (Å²) in [6.45, 7) is 12.5. The first-order valence-corrected chi connectivity index (χ1v) is 6.11. The molecule has 0 spiro atoms. The van der Waals surface area contributed by atoms with Crippen molar-refractivity contribution in [3.05, 3.63) is 6.92 Å². The van der Waals surface area contributed by atoms with E-state index in [4.69, 9.17) is 9.47 Å². The van der Waals surface area contributed by atoms with Gasteiger partial charge in [-0.3, -0.25) is 9.59 Å². The number of rotatable bonds is 6. The first kappa shape index (κ1) is 17.0. The van der Waals surface area contributed by atoms with Gasteiger partial charge in [0, 0.05) is 7.11 Å². The van der Waals surface area contributed by atoms with E-state index in [0.29, 0.717) is 0 Å². The SMILES string of the molecule is [CH2+]CC(=O)C(C)(C)[C@H](CC(=O)OC(C)(C)C)OC. The number of hydrogen-bond donors (Lipinski definition) is 0. The monoisotopic (exact) mass is 257 g/mol. The van der Waals surface area contributed by atoms with Crippen molar-refractivity contribution < 1.29 is 19.1 Å². The Labute approximate surface area is 110 Å². The lowest BCUT2D eigenvalue weighted by atomic mass is 9.79. The fourth-order valence-corrected chi connectivity index (χ4v) is 1.67. The third kappa shape index (κ3) is 5.08. The molecule has 0 aromatic heterocycles. The van der Waals surface area contributed by atoms with Crippen LogP contribution in [0.1, 0.15) is 47.5 Å². The summed E-state index contributed by atoms with van der Waals surface area (Å²) in [7, 11) is 1.49. The second kappa shape index (κ2) is 6.23. The maximum Gasteiger partial charge on any atom is 0.308 e. The summed E-state index contributed by atoms with van der Waals surface area (Å²) in [4.78, 5) is 23.6. The summed E-state index contributed by atoms with van der Waals surface area (Å²) in [5.41, 5.74) is -1.27. The second-order valence-electron chi connectivity index (χ2n) is 5.91. The van der Waals surface area contributed by atoms with Crippen molar-refractivity contribution in [2.75, 3.05) is 7.11 Å². The third-order valence-corrected chi connectivity index (χ3v) is 2.81. The van der Waals surface area contributed by atoms with Crippen LogP contribution in [0.15, 0.2) is 0 Å². The maximum absolute atomic E-state index is 11.8. The first-order chi connectivity index (χ1) is 8.04. The molecule has 0 heterocycles. The average Bonchev–Trinajstić information content (AvgIpc) is 2.21. The highest BCUT2D eigenvalue weighted by Crippen LogP contribution is 2.28. The van der Waals surface area contributed by atoms with Gasteiger partial charge >= 0.3 is 5.97 Å². The molecule has 0 aromatic rings. The number of methoxy groups -OCH3 is 1. The van der Waals surface area contributed by atoms with E-state index in [1.807, 2.05) is 0 Å². The summed E-state index contributed by atoms with van der Waals surface area (Å²) in [6.07, 6.45) is -0.255. The van der Waals surface area contributed by atoms with Crippen LogP contribution < -0.4 is 0 Å². The highest BCUT2D eigenvalue weighted by Gasteiger charge is 2.39. The quantitative estimate of drug-likeness (QED) is 0.542. The molecule has 18 heavy (non-hydrogen) atoms. The van der Waals surface area contributed by atoms with E-state index in [-0.39, 0.29) is 24.6 Å². The minimum absolute atomic E-state index is 0.0297. The molecule has 0 radical (unpaired) electrons. The van der Waals surface area contributed by atoms with Gasteiger partial charge in [0.15, 0.2) is 5.78 Å². The third-order valence-electron chi connectivity index (χ3n) is 2.81. The van der Waals surface area contributed by atoms with Gasteiger partial charge < -0.3 is 9.47 Å². The van der Waals surface area contributed by atoms with E-state index in [0.717, 1.165) is 0 Å². The van der Waals surface area contributed by atoms with Crippen LogP contribution in [0.3, 0.4) is 0 Å². The Morgan fingerprint density at radius 3 is 2.00 bits per heavy atom. The fourth-order valence-electron chi connectivity index (χ4n) is 1.67. The van der Waals surface area contributed by atoms with Crippen molar-refractivity contribution in [3.8, 4) is 0 Å². The maximum atomic E-state index is 11.8. The molecule has 0 saturated carbocycles. The molecule has 4 heteroatoms. The van der Waals surface area contributed by atoms with Gasteiger partial charge in [0.05, 0.1) is 24.9 Å². The van der Waals surface area contributed by atoms with Crippen LogP contribution in [0.2, 0.25) is 0 Å². The van der Waals surface area contributed by atoms with Gasteiger partial charge in [-0.05, 0) is 20.8 Å². The second-order valence-corrected chi connectivity index (χ2v) is 5.91. The lowest BCUT2D eigenvalue weighted by molar-refractivity contribution is -0.160. The Kier molecular flexibility index (Phi) is 5.87. The minimum atomic E-state index is -0.743. The normalized spacial score (nSPS) is 14.1. The molecule has 0 rings (SSSR count). The van der Waals surface area contributed by atoms with Gasteiger partial charge in [0.2, 0.25) is 0 Å². The van der Waals surface area contributed by atoms with Crippen LogP contribution in [0.5, 0.6) is 0 Å². The fraction of sp³-hybridized carbons (Fsp3) is 0.786. The zero-order chi connectivity index (χ0) is 14.6.